The SMILES string of the molecule is C[B]C.[CH-]=C(C(=[C-][B]C)C1CCCCC1)C1CCCCC1.[CH-]=C(C(=[CH-])C1CCCCC1)c1ccccc1.[W].[Y].[Y]. The van der Waals surface area contributed by atoms with Gasteiger partial charge in [0.2, 0.25) is 0 Å². The van der Waals surface area contributed by atoms with Crippen LogP contribution in [0.25, 0.3) is 5.57 Å². The number of allylic oxidation sites excluding steroid dienone is 4. The van der Waals surface area contributed by atoms with E-state index >= 15 is 0 Å². The van der Waals surface area contributed by atoms with Crippen LogP contribution < -0.4 is 0 Å². The fraction of sp³-hybridized carbons (Fsp3) is 0.600. The van der Waals surface area contributed by atoms with E-state index in [2.05, 4.69) is 20.1 Å². The second kappa shape index (κ2) is 26.6. The van der Waals surface area contributed by atoms with Crippen molar-refractivity contribution < 1.29 is 86.5 Å². The summed E-state index contributed by atoms with van der Waals surface area (Å²) in [5, 5.41) is 0. The first-order valence-electron chi connectivity index (χ1n) is 15.1. The summed E-state index contributed by atoms with van der Waals surface area (Å²) in [5.41, 5.74) is 5.26. The van der Waals surface area contributed by atoms with Gasteiger partial charge in [-0.1, -0.05) is 134 Å². The summed E-state index contributed by atoms with van der Waals surface area (Å²) in [6, 6.07) is 10.0. The van der Waals surface area contributed by atoms with Gasteiger partial charge in [0, 0.05) is 86.5 Å². The number of rotatable bonds is 7. The summed E-state index contributed by atoms with van der Waals surface area (Å²) in [5.74, 6) is 5.31. The molecule has 4 radical (unpaired) electrons. The van der Waals surface area contributed by atoms with Crippen LogP contribution in [0.2, 0.25) is 20.5 Å². The fourth-order valence-corrected chi connectivity index (χ4v) is 6.04. The minimum absolute atomic E-state index is 0. The smallest absolute Gasteiger partial charge is 0.102 e. The van der Waals surface area contributed by atoms with Gasteiger partial charge in [-0.3, -0.25) is 0 Å². The Morgan fingerprint density at radius 2 is 1.00 bits per heavy atom. The van der Waals surface area contributed by atoms with E-state index < -0.39 is 0 Å². The molecule has 0 nitrogen and oxygen atoms in total. The third kappa shape index (κ3) is 15.8. The first-order valence-corrected chi connectivity index (χ1v) is 15.1. The molecule has 3 fully saturated rings. The van der Waals surface area contributed by atoms with Gasteiger partial charge in [-0.2, -0.15) is 0 Å². The summed E-state index contributed by atoms with van der Waals surface area (Å²) >= 11 is 0. The maximum absolute atomic E-state index is 6.51. The fourth-order valence-electron chi connectivity index (χ4n) is 6.04. The van der Waals surface area contributed by atoms with Crippen LogP contribution in [0.4, 0.5) is 0 Å². The monoisotopic (exact) mass is 854 g/mol. The Balaban J connectivity index is 0. The topological polar surface area (TPSA) is 0 Å². The molecule has 0 aliphatic heterocycles. The molecule has 40 heavy (non-hydrogen) atoms. The van der Waals surface area contributed by atoms with Crippen molar-refractivity contribution in [3.05, 3.63) is 78.3 Å². The zero-order chi connectivity index (χ0) is 26.9. The maximum Gasteiger partial charge on any atom is 0.102 e. The molecule has 0 aromatic heterocycles. The van der Waals surface area contributed by atoms with Crippen LogP contribution in [0.3, 0.4) is 0 Å². The van der Waals surface area contributed by atoms with Gasteiger partial charge in [0.05, 0.1) is 0 Å². The molecule has 212 valence electrons. The Bertz CT molecular complexity index is 834. The summed E-state index contributed by atoms with van der Waals surface area (Å²) in [6.07, 6.45) is 19.8. The summed E-state index contributed by atoms with van der Waals surface area (Å²) < 4.78 is 0. The van der Waals surface area contributed by atoms with E-state index in [0.717, 1.165) is 16.7 Å². The molecule has 1 aromatic carbocycles. The van der Waals surface area contributed by atoms with E-state index in [4.69, 9.17) is 19.7 Å². The van der Waals surface area contributed by atoms with Crippen LogP contribution in [-0.2, 0) is 86.5 Å². The molecule has 5 heteroatoms. The maximum atomic E-state index is 6.51. The normalized spacial score (nSPS) is 17.9. The molecule has 3 aliphatic carbocycles. The molecule has 1 aromatic rings. The van der Waals surface area contributed by atoms with Gasteiger partial charge in [0.15, 0.2) is 0 Å². The van der Waals surface area contributed by atoms with E-state index in [9.17, 15) is 0 Å². The molecule has 0 unspecified atom stereocenters. The van der Waals surface area contributed by atoms with Crippen LogP contribution in [0.1, 0.15) is 102 Å². The zero-order valence-electron chi connectivity index (χ0n) is 25.7. The molecule has 0 bridgehead atoms. The van der Waals surface area contributed by atoms with Gasteiger partial charge in [-0.05, 0) is 7.28 Å². The zero-order valence-corrected chi connectivity index (χ0v) is 34.3. The number of benzene rings is 1. The quantitative estimate of drug-likeness (QED) is 0.146. The molecule has 0 heterocycles. The van der Waals surface area contributed by atoms with Crippen molar-refractivity contribution in [1.29, 1.82) is 0 Å². The largest absolute Gasteiger partial charge is 0.408 e. The Kier molecular flexibility index (Phi) is 28.8. The van der Waals surface area contributed by atoms with Crippen LogP contribution in [-0.4, -0.2) is 14.6 Å². The molecular weight excluding hydrogens is 804 g/mol. The minimum atomic E-state index is 0. The molecule has 3 saturated carbocycles. The molecule has 0 saturated heterocycles. The average molecular weight is 854 g/mol. The van der Waals surface area contributed by atoms with E-state index in [0.29, 0.717) is 17.8 Å². The Labute approximate surface area is 315 Å². The number of hydrogen-bond acceptors (Lipinski definition) is 0. The second-order valence-corrected chi connectivity index (χ2v) is 11.1. The van der Waals surface area contributed by atoms with Gasteiger partial charge in [-0.15, -0.1) is 30.8 Å². The molecular formula is C35H50B2WY2-4. The predicted molar refractivity (Wildman–Crippen MR) is 165 cm³/mol. The van der Waals surface area contributed by atoms with Crippen molar-refractivity contribution in [2.45, 2.75) is 117 Å². The van der Waals surface area contributed by atoms with E-state index in [-0.39, 0.29) is 86.5 Å². The second-order valence-electron chi connectivity index (χ2n) is 11.1. The van der Waals surface area contributed by atoms with Gasteiger partial charge in [0.1, 0.15) is 7.28 Å². The van der Waals surface area contributed by atoms with E-state index in [1.54, 1.807) is 0 Å². The molecule has 4 rings (SSSR count). The third-order valence-corrected chi connectivity index (χ3v) is 8.11. The summed E-state index contributed by atoms with van der Waals surface area (Å²) in [7, 11) is 4.06. The van der Waals surface area contributed by atoms with Crippen LogP contribution >= 0.6 is 0 Å². The van der Waals surface area contributed by atoms with Gasteiger partial charge >= 0.3 is 0 Å². The average Bonchev–Trinajstić information content (AvgIpc) is 2.97. The molecule has 3 aliphatic rings. The standard InChI is InChI=1S/C17H26B.C16H18.C2H6B.W.2Y/c1-14(15-9-5-3-6-10-15)17(13-18-2)16-11-7-4-8-12-16;1-13(15-9-5-3-6-10-15)14(2)16-11-7-4-8-12-16;1-3-2;;;/h1,15-16H,3-12H2,2H3;1-3,5-6,9-10,16H,4,7-8,11-12H2;1-2H3;;;/q2*-2;;;;. The van der Waals surface area contributed by atoms with Crippen molar-refractivity contribution in [2.24, 2.45) is 17.8 Å². The minimum Gasteiger partial charge on any atom is -0.408 e. The van der Waals surface area contributed by atoms with Gasteiger partial charge in [0.25, 0.3) is 0 Å². The molecule has 0 amide bonds. The number of hydrogen-bond donors (Lipinski definition) is 0. The molecule has 0 spiro atoms. The van der Waals surface area contributed by atoms with Gasteiger partial charge < -0.3 is 48.0 Å². The molecule has 0 atom stereocenters. The van der Waals surface area contributed by atoms with Crippen LogP contribution in [0.5, 0.6) is 0 Å². The predicted octanol–water partition coefficient (Wildman–Crippen LogP) is 10.2. The van der Waals surface area contributed by atoms with Gasteiger partial charge in [-0.25, -0.2) is 5.56 Å². The van der Waals surface area contributed by atoms with Crippen LogP contribution in [0.15, 0.2) is 47.1 Å². The third-order valence-electron chi connectivity index (χ3n) is 8.11. The van der Waals surface area contributed by atoms with Crippen molar-refractivity contribution in [3.63, 3.8) is 0 Å². The molecule has 0 N–H and O–H groups in total. The Morgan fingerprint density at radius 3 is 1.40 bits per heavy atom. The first-order chi connectivity index (χ1) is 18.0. The first kappa shape index (κ1) is 43.3. The van der Waals surface area contributed by atoms with Crippen LogP contribution in [0, 0.1) is 43.5 Å². The van der Waals surface area contributed by atoms with E-state index in [1.165, 1.54) is 107 Å². The Morgan fingerprint density at radius 1 is 0.625 bits per heavy atom. The van der Waals surface area contributed by atoms with Crippen molar-refractivity contribution in [2.75, 3.05) is 0 Å². The summed E-state index contributed by atoms with van der Waals surface area (Å²) in [4.78, 5) is 0. The van der Waals surface area contributed by atoms with Crippen molar-refractivity contribution >= 4 is 20.1 Å². The van der Waals surface area contributed by atoms with E-state index in [1.807, 2.05) is 51.3 Å². The van der Waals surface area contributed by atoms with Crippen molar-refractivity contribution in [1.82, 2.24) is 0 Å². The Hall–Kier alpha value is 1.21. The summed E-state index contributed by atoms with van der Waals surface area (Å²) in [6.45, 7) is 24.9. The van der Waals surface area contributed by atoms with Crippen molar-refractivity contribution in [3.8, 4) is 0 Å².